The van der Waals surface area contributed by atoms with Gasteiger partial charge in [-0.25, -0.2) is 4.98 Å². The summed E-state index contributed by atoms with van der Waals surface area (Å²) in [5.74, 6) is -0.132. The van der Waals surface area contributed by atoms with Crippen LogP contribution in [0.2, 0.25) is 0 Å². The smallest absolute Gasteiger partial charge is 0.254 e. The number of carbonyl (C=O) groups excluding carboxylic acids is 1. The number of allylic oxidation sites excluding steroid dienone is 3. The van der Waals surface area contributed by atoms with Crippen LogP contribution in [0.4, 0.5) is 5.82 Å². The third-order valence-electron chi connectivity index (χ3n) is 4.21. The molecule has 120 valence electrons. The number of fused-ring (bicyclic) bond motifs is 1. The van der Waals surface area contributed by atoms with Gasteiger partial charge in [-0.05, 0) is 26.3 Å². The largest absolute Gasteiger partial charge is 0.508 e. The van der Waals surface area contributed by atoms with Gasteiger partial charge in [-0.15, -0.1) is 0 Å². The van der Waals surface area contributed by atoms with Crippen molar-refractivity contribution in [2.24, 2.45) is 11.7 Å². The second-order valence-corrected chi connectivity index (χ2v) is 5.88. The number of hydrogen-bond acceptors (Lipinski definition) is 5. The molecule has 3 rings (SSSR count). The Hall–Kier alpha value is -2.83. The molecule has 7 heteroatoms. The zero-order chi connectivity index (χ0) is 16.9. The Morgan fingerprint density at radius 3 is 2.78 bits per heavy atom. The minimum Gasteiger partial charge on any atom is -0.508 e. The summed E-state index contributed by atoms with van der Waals surface area (Å²) in [6.45, 7) is 5.66. The van der Waals surface area contributed by atoms with Gasteiger partial charge in [0.25, 0.3) is 5.91 Å². The molecule has 0 unspecified atom stereocenters. The number of anilines is 1. The molecule has 0 bridgehead atoms. The molecule has 1 amide bonds. The van der Waals surface area contributed by atoms with Gasteiger partial charge < -0.3 is 16.6 Å². The molecule has 0 aromatic carbocycles. The van der Waals surface area contributed by atoms with E-state index in [9.17, 15) is 9.90 Å². The van der Waals surface area contributed by atoms with Crippen molar-refractivity contribution in [2.75, 3.05) is 5.73 Å². The monoisotopic (exact) mass is 313 g/mol. The van der Waals surface area contributed by atoms with E-state index in [2.05, 4.69) is 9.97 Å². The fourth-order valence-electron chi connectivity index (χ4n) is 3.07. The van der Waals surface area contributed by atoms with Crippen LogP contribution in [0.15, 0.2) is 23.6 Å². The van der Waals surface area contributed by atoms with Crippen LogP contribution in [0.3, 0.4) is 0 Å². The second kappa shape index (κ2) is 5.12. The number of aryl methyl sites for hydroxylation is 1. The Morgan fingerprint density at radius 1 is 1.43 bits per heavy atom. The van der Waals surface area contributed by atoms with Gasteiger partial charge in [0.05, 0.1) is 5.69 Å². The van der Waals surface area contributed by atoms with E-state index in [1.165, 1.54) is 0 Å². The van der Waals surface area contributed by atoms with Crippen molar-refractivity contribution in [3.8, 4) is 0 Å². The molecule has 1 atom stereocenters. The van der Waals surface area contributed by atoms with Crippen molar-refractivity contribution in [3.05, 3.63) is 34.9 Å². The number of primary amides is 1. The maximum atomic E-state index is 11.8. The van der Waals surface area contributed by atoms with Crippen LogP contribution in [-0.2, 0) is 0 Å². The normalized spacial score (nSPS) is 18.4. The molecule has 2 aromatic rings. The van der Waals surface area contributed by atoms with Crippen molar-refractivity contribution in [3.63, 3.8) is 0 Å². The summed E-state index contributed by atoms with van der Waals surface area (Å²) in [7, 11) is 0. The number of aliphatic hydroxyl groups excluding tert-OH is 1. The van der Waals surface area contributed by atoms with Gasteiger partial charge in [-0.2, -0.15) is 0 Å². The Balaban J connectivity index is 2.45. The maximum Gasteiger partial charge on any atom is 0.254 e. The molecule has 0 fully saturated rings. The van der Waals surface area contributed by atoms with Crippen LogP contribution in [0, 0.1) is 12.8 Å². The zero-order valence-electron chi connectivity index (χ0n) is 13.3. The molecule has 5 N–H and O–H groups in total. The van der Waals surface area contributed by atoms with Crippen molar-refractivity contribution in [1.82, 2.24) is 14.5 Å². The molecule has 23 heavy (non-hydrogen) atoms. The lowest BCUT2D eigenvalue weighted by molar-refractivity contribution is 0.100. The highest BCUT2D eigenvalue weighted by Gasteiger charge is 2.28. The SMILES string of the molecule is CC1=C(n2c(N)c(C(N)=O)c3ncc(C)nc32)[C@H](C)CC=C1O. The average Bonchev–Trinajstić information content (AvgIpc) is 2.76. The molecule has 0 saturated heterocycles. The van der Waals surface area contributed by atoms with Crippen molar-refractivity contribution in [1.29, 1.82) is 0 Å². The first-order chi connectivity index (χ1) is 10.8. The minimum atomic E-state index is -0.647. The Morgan fingerprint density at radius 2 is 2.13 bits per heavy atom. The number of aromatic nitrogens is 3. The van der Waals surface area contributed by atoms with E-state index in [-0.39, 0.29) is 23.1 Å². The number of rotatable bonds is 2. The number of nitrogens with two attached hydrogens (primary N) is 2. The van der Waals surface area contributed by atoms with Crippen molar-refractivity contribution >= 4 is 28.6 Å². The van der Waals surface area contributed by atoms with Gasteiger partial charge >= 0.3 is 0 Å². The van der Waals surface area contributed by atoms with Crippen LogP contribution in [-0.4, -0.2) is 25.5 Å². The summed E-state index contributed by atoms with van der Waals surface area (Å²) >= 11 is 0. The molecule has 1 aliphatic carbocycles. The zero-order valence-corrected chi connectivity index (χ0v) is 13.3. The van der Waals surface area contributed by atoms with E-state index in [0.29, 0.717) is 28.9 Å². The van der Waals surface area contributed by atoms with Gasteiger partial charge in [-0.3, -0.25) is 14.3 Å². The van der Waals surface area contributed by atoms with Gasteiger partial charge in [0.15, 0.2) is 5.65 Å². The number of nitrogens with zero attached hydrogens (tertiary/aromatic N) is 3. The van der Waals surface area contributed by atoms with Crippen LogP contribution < -0.4 is 11.5 Å². The highest BCUT2D eigenvalue weighted by Crippen LogP contribution is 2.38. The quantitative estimate of drug-likeness (QED) is 0.784. The lowest BCUT2D eigenvalue weighted by Gasteiger charge is -2.24. The highest BCUT2D eigenvalue weighted by molar-refractivity contribution is 6.10. The Bertz CT molecular complexity index is 891. The number of amides is 1. The predicted molar refractivity (Wildman–Crippen MR) is 88.6 cm³/mol. The predicted octanol–water partition coefficient (Wildman–Crippen LogP) is 2.13. The topological polar surface area (TPSA) is 120 Å². The summed E-state index contributed by atoms with van der Waals surface area (Å²) in [5.41, 5.74) is 14.9. The van der Waals surface area contributed by atoms with Gasteiger partial charge in [-0.1, -0.05) is 6.92 Å². The van der Waals surface area contributed by atoms with Crippen LogP contribution in [0.5, 0.6) is 0 Å². The molecule has 0 saturated carbocycles. The minimum absolute atomic E-state index is 0.104. The fourth-order valence-corrected chi connectivity index (χ4v) is 3.07. The van der Waals surface area contributed by atoms with E-state index >= 15 is 0 Å². The fraction of sp³-hybridized carbons (Fsp3) is 0.312. The van der Waals surface area contributed by atoms with Crippen LogP contribution in [0.1, 0.15) is 36.3 Å². The second-order valence-electron chi connectivity index (χ2n) is 5.88. The third kappa shape index (κ3) is 2.16. The number of carbonyl (C=O) groups is 1. The van der Waals surface area contributed by atoms with Gasteiger partial charge in [0.2, 0.25) is 0 Å². The number of hydrogen-bond donors (Lipinski definition) is 3. The molecule has 2 heterocycles. The standard InChI is InChI=1S/C16H19N5O2/c1-7-4-5-10(22)9(3)13(7)21-14(17)11(15(18)23)12-16(21)20-8(2)6-19-12/h5-7,22H,4,17H2,1-3H3,(H2,18,23)/t7-/m1/s1. The van der Waals surface area contributed by atoms with E-state index < -0.39 is 5.91 Å². The van der Waals surface area contributed by atoms with E-state index in [4.69, 9.17) is 11.5 Å². The molecule has 1 aliphatic rings. The molecule has 0 aliphatic heterocycles. The molecule has 2 aromatic heterocycles. The summed E-state index contributed by atoms with van der Waals surface area (Å²) in [5, 5.41) is 10.1. The highest BCUT2D eigenvalue weighted by atomic mass is 16.3. The lowest BCUT2D eigenvalue weighted by Crippen LogP contribution is -2.17. The first-order valence-electron chi connectivity index (χ1n) is 7.36. The van der Waals surface area contributed by atoms with Crippen molar-refractivity contribution < 1.29 is 9.90 Å². The van der Waals surface area contributed by atoms with Crippen molar-refractivity contribution in [2.45, 2.75) is 27.2 Å². The first-order valence-corrected chi connectivity index (χ1v) is 7.36. The summed E-state index contributed by atoms with van der Waals surface area (Å²) < 4.78 is 1.69. The number of aliphatic hydroxyl groups is 1. The summed E-state index contributed by atoms with van der Waals surface area (Å²) in [6, 6.07) is 0. The van der Waals surface area contributed by atoms with E-state index in [1.54, 1.807) is 16.8 Å². The molecular weight excluding hydrogens is 294 g/mol. The lowest BCUT2D eigenvalue weighted by atomic mass is 9.93. The maximum absolute atomic E-state index is 11.8. The molecular formula is C16H19N5O2. The van der Waals surface area contributed by atoms with Gasteiger partial charge in [0, 0.05) is 23.4 Å². The molecule has 0 radical (unpaired) electrons. The average molecular weight is 313 g/mol. The molecule has 0 spiro atoms. The number of nitrogen functional groups attached to an aromatic ring is 1. The Kier molecular flexibility index (Phi) is 3.35. The van der Waals surface area contributed by atoms with Gasteiger partial charge in [0.1, 0.15) is 22.7 Å². The summed E-state index contributed by atoms with van der Waals surface area (Å²) in [4.78, 5) is 20.6. The summed E-state index contributed by atoms with van der Waals surface area (Å²) in [6.07, 6.45) is 4.02. The van der Waals surface area contributed by atoms with E-state index in [0.717, 1.165) is 5.70 Å². The van der Waals surface area contributed by atoms with E-state index in [1.807, 2.05) is 20.8 Å². The van der Waals surface area contributed by atoms with Crippen LogP contribution >= 0.6 is 0 Å². The first kappa shape index (κ1) is 15.1. The van der Waals surface area contributed by atoms with Crippen LogP contribution in [0.25, 0.3) is 16.9 Å². The third-order valence-corrected chi connectivity index (χ3v) is 4.21. The Labute approximate surface area is 133 Å². The molecule has 7 nitrogen and oxygen atoms in total.